The molecule has 0 amide bonds. The number of benzene rings is 2. The zero-order valence-corrected chi connectivity index (χ0v) is 14.1. The molecular formula is C18H22ClNO3. The van der Waals surface area contributed by atoms with Crippen LogP contribution in [-0.2, 0) is 6.54 Å². The van der Waals surface area contributed by atoms with Crippen molar-refractivity contribution in [3.8, 4) is 11.5 Å². The van der Waals surface area contributed by atoms with Gasteiger partial charge < -0.3 is 19.9 Å². The van der Waals surface area contributed by atoms with Crippen molar-refractivity contribution in [2.75, 3.05) is 20.3 Å². The molecule has 0 spiro atoms. The molecule has 0 radical (unpaired) electrons. The molecule has 23 heavy (non-hydrogen) atoms. The van der Waals surface area contributed by atoms with Gasteiger partial charge in [-0.05, 0) is 30.2 Å². The summed E-state index contributed by atoms with van der Waals surface area (Å²) in [6.45, 7) is 3.03. The van der Waals surface area contributed by atoms with Crippen LogP contribution in [0.25, 0.3) is 0 Å². The molecule has 0 aliphatic heterocycles. The van der Waals surface area contributed by atoms with E-state index >= 15 is 0 Å². The molecule has 4 nitrogen and oxygen atoms in total. The maximum atomic E-state index is 9.60. The fourth-order valence-electron chi connectivity index (χ4n) is 2.40. The summed E-state index contributed by atoms with van der Waals surface area (Å²) in [5.41, 5.74) is 2.01. The number of nitrogens with one attached hydrogen (secondary N) is 1. The third kappa shape index (κ3) is 4.61. The van der Waals surface area contributed by atoms with Crippen molar-refractivity contribution in [3.05, 3.63) is 58.6 Å². The molecule has 2 aromatic carbocycles. The minimum atomic E-state index is -0.132. The number of methoxy groups -OCH3 is 1. The van der Waals surface area contributed by atoms with Gasteiger partial charge in [0.2, 0.25) is 0 Å². The second-order valence-electron chi connectivity index (χ2n) is 5.07. The van der Waals surface area contributed by atoms with E-state index in [2.05, 4.69) is 5.32 Å². The van der Waals surface area contributed by atoms with Crippen LogP contribution >= 0.6 is 11.6 Å². The summed E-state index contributed by atoms with van der Waals surface area (Å²) in [6.07, 6.45) is 0. The monoisotopic (exact) mass is 335 g/mol. The van der Waals surface area contributed by atoms with Crippen molar-refractivity contribution in [2.24, 2.45) is 0 Å². The lowest BCUT2D eigenvalue weighted by Crippen LogP contribution is -2.24. The van der Waals surface area contributed by atoms with Gasteiger partial charge in [0.15, 0.2) is 11.5 Å². The van der Waals surface area contributed by atoms with E-state index in [0.717, 1.165) is 11.1 Å². The molecular weight excluding hydrogens is 314 g/mol. The third-order valence-corrected chi connectivity index (χ3v) is 3.79. The van der Waals surface area contributed by atoms with Crippen molar-refractivity contribution in [1.82, 2.24) is 5.32 Å². The highest BCUT2D eigenvalue weighted by molar-refractivity contribution is 6.32. The number of aliphatic hydroxyl groups is 1. The topological polar surface area (TPSA) is 50.7 Å². The molecule has 0 aromatic heterocycles. The van der Waals surface area contributed by atoms with Gasteiger partial charge >= 0.3 is 0 Å². The average Bonchev–Trinajstić information content (AvgIpc) is 2.56. The Balaban J connectivity index is 2.13. The standard InChI is InChI=1S/C18H22ClNO3/c1-3-23-17-10-13(9-15(19)18(17)22-2)11-20-16(12-21)14-7-5-4-6-8-14/h4-10,16,20-21H,3,11-12H2,1-2H3. The number of ether oxygens (including phenoxy) is 2. The van der Waals surface area contributed by atoms with E-state index in [1.807, 2.05) is 49.4 Å². The van der Waals surface area contributed by atoms with Crippen LogP contribution < -0.4 is 14.8 Å². The lowest BCUT2D eigenvalue weighted by atomic mass is 10.1. The van der Waals surface area contributed by atoms with Gasteiger partial charge in [-0.25, -0.2) is 0 Å². The smallest absolute Gasteiger partial charge is 0.179 e. The summed E-state index contributed by atoms with van der Waals surface area (Å²) in [6, 6.07) is 13.5. The molecule has 124 valence electrons. The van der Waals surface area contributed by atoms with Gasteiger partial charge in [0.05, 0.1) is 31.4 Å². The van der Waals surface area contributed by atoms with Crippen LogP contribution in [-0.4, -0.2) is 25.4 Å². The number of halogens is 1. The Labute approximate surface area is 142 Å². The van der Waals surface area contributed by atoms with Crippen molar-refractivity contribution < 1.29 is 14.6 Å². The Bertz CT molecular complexity index is 619. The summed E-state index contributed by atoms with van der Waals surface area (Å²) >= 11 is 6.25. The number of hydrogen-bond donors (Lipinski definition) is 2. The van der Waals surface area contributed by atoms with Gasteiger partial charge in [-0.1, -0.05) is 41.9 Å². The minimum absolute atomic E-state index is 0.0201. The number of rotatable bonds is 8. The third-order valence-electron chi connectivity index (χ3n) is 3.51. The van der Waals surface area contributed by atoms with E-state index in [1.54, 1.807) is 7.11 Å². The predicted octanol–water partition coefficient (Wildman–Crippen LogP) is 3.57. The Morgan fingerprint density at radius 2 is 1.96 bits per heavy atom. The predicted molar refractivity (Wildman–Crippen MR) is 92.3 cm³/mol. The molecule has 0 fully saturated rings. The summed E-state index contributed by atoms with van der Waals surface area (Å²) < 4.78 is 10.9. The van der Waals surface area contributed by atoms with Crippen LogP contribution in [0.5, 0.6) is 11.5 Å². The first-order valence-electron chi connectivity index (χ1n) is 7.58. The SMILES string of the molecule is CCOc1cc(CNC(CO)c2ccccc2)cc(Cl)c1OC. The van der Waals surface area contributed by atoms with Crippen LogP contribution in [0, 0.1) is 0 Å². The molecule has 1 unspecified atom stereocenters. The van der Waals surface area contributed by atoms with E-state index in [-0.39, 0.29) is 12.6 Å². The molecule has 0 bridgehead atoms. The lowest BCUT2D eigenvalue weighted by Gasteiger charge is -2.18. The summed E-state index contributed by atoms with van der Waals surface area (Å²) in [4.78, 5) is 0. The zero-order valence-electron chi connectivity index (χ0n) is 13.4. The quantitative estimate of drug-likeness (QED) is 0.774. The second kappa shape index (κ2) is 8.77. The molecule has 5 heteroatoms. The van der Waals surface area contributed by atoms with Crippen LogP contribution in [0.2, 0.25) is 5.02 Å². The van der Waals surface area contributed by atoms with Crippen molar-refractivity contribution >= 4 is 11.6 Å². The molecule has 0 heterocycles. The first-order chi connectivity index (χ1) is 11.2. The van der Waals surface area contributed by atoms with Crippen LogP contribution in [0.4, 0.5) is 0 Å². The van der Waals surface area contributed by atoms with Crippen LogP contribution in [0.1, 0.15) is 24.1 Å². The van der Waals surface area contributed by atoms with Gasteiger partial charge in [0, 0.05) is 6.54 Å². The van der Waals surface area contributed by atoms with Crippen molar-refractivity contribution in [3.63, 3.8) is 0 Å². The van der Waals surface area contributed by atoms with E-state index < -0.39 is 0 Å². The summed E-state index contributed by atoms with van der Waals surface area (Å²) in [7, 11) is 1.57. The maximum Gasteiger partial charge on any atom is 0.179 e. The molecule has 1 atom stereocenters. The van der Waals surface area contributed by atoms with Crippen molar-refractivity contribution in [1.29, 1.82) is 0 Å². The highest BCUT2D eigenvalue weighted by atomic mass is 35.5. The summed E-state index contributed by atoms with van der Waals surface area (Å²) in [5.74, 6) is 1.17. The fourth-order valence-corrected chi connectivity index (χ4v) is 2.71. The molecule has 0 aliphatic carbocycles. The highest BCUT2D eigenvalue weighted by Crippen LogP contribution is 2.36. The Morgan fingerprint density at radius 3 is 2.57 bits per heavy atom. The minimum Gasteiger partial charge on any atom is -0.491 e. The first kappa shape index (κ1) is 17.6. The molecule has 2 aromatic rings. The molecule has 2 N–H and O–H groups in total. The first-order valence-corrected chi connectivity index (χ1v) is 7.95. The second-order valence-corrected chi connectivity index (χ2v) is 5.48. The van der Waals surface area contributed by atoms with Crippen LogP contribution in [0.3, 0.4) is 0 Å². The highest BCUT2D eigenvalue weighted by Gasteiger charge is 2.13. The zero-order chi connectivity index (χ0) is 16.7. The van der Waals surface area contributed by atoms with Gasteiger partial charge in [-0.3, -0.25) is 0 Å². The van der Waals surface area contributed by atoms with E-state index in [1.165, 1.54) is 0 Å². The largest absolute Gasteiger partial charge is 0.491 e. The molecule has 0 saturated heterocycles. The Morgan fingerprint density at radius 1 is 1.22 bits per heavy atom. The summed E-state index contributed by atoms with van der Waals surface area (Å²) in [5, 5.41) is 13.4. The van der Waals surface area contributed by atoms with Gasteiger partial charge in [-0.2, -0.15) is 0 Å². The lowest BCUT2D eigenvalue weighted by molar-refractivity contribution is 0.243. The number of hydrogen-bond acceptors (Lipinski definition) is 4. The number of aliphatic hydroxyl groups excluding tert-OH is 1. The molecule has 2 rings (SSSR count). The van der Waals surface area contributed by atoms with Gasteiger partial charge in [0.1, 0.15) is 0 Å². The normalized spacial score (nSPS) is 12.0. The maximum absolute atomic E-state index is 9.60. The van der Waals surface area contributed by atoms with E-state index in [0.29, 0.717) is 29.7 Å². The molecule has 0 saturated carbocycles. The average molecular weight is 336 g/mol. The van der Waals surface area contributed by atoms with Gasteiger partial charge in [-0.15, -0.1) is 0 Å². The van der Waals surface area contributed by atoms with Gasteiger partial charge in [0.25, 0.3) is 0 Å². The Kier molecular flexibility index (Phi) is 6.71. The van der Waals surface area contributed by atoms with E-state index in [4.69, 9.17) is 21.1 Å². The molecule has 0 aliphatic rings. The van der Waals surface area contributed by atoms with Crippen molar-refractivity contribution in [2.45, 2.75) is 19.5 Å². The Hall–Kier alpha value is -1.75. The van der Waals surface area contributed by atoms with Crippen LogP contribution in [0.15, 0.2) is 42.5 Å². The van der Waals surface area contributed by atoms with E-state index in [9.17, 15) is 5.11 Å². The fraction of sp³-hybridized carbons (Fsp3) is 0.333.